The number of hydrogen-bond acceptors (Lipinski definition) is 3. The third-order valence-electron chi connectivity index (χ3n) is 2.17. The van der Waals surface area contributed by atoms with Crippen molar-refractivity contribution in [1.82, 2.24) is 4.98 Å². The van der Waals surface area contributed by atoms with Gasteiger partial charge in [0.25, 0.3) is 0 Å². The second-order valence-corrected chi connectivity index (χ2v) is 4.05. The average Bonchev–Trinajstić information content (AvgIpc) is 2.21. The molecule has 0 bridgehead atoms. The third kappa shape index (κ3) is 3.68. The molecule has 0 atom stereocenters. The zero-order chi connectivity index (χ0) is 11.3. The van der Waals surface area contributed by atoms with Crippen LogP contribution in [0.3, 0.4) is 0 Å². The molecule has 1 aromatic heterocycles. The first-order valence-corrected chi connectivity index (χ1v) is 5.40. The van der Waals surface area contributed by atoms with E-state index in [-0.39, 0.29) is 0 Å². The fourth-order valence-electron chi connectivity index (χ4n) is 1.36. The maximum absolute atomic E-state index is 5.79. The summed E-state index contributed by atoms with van der Waals surface area (Å²) in [4.78, 5) is 6.47. The van der Waals surface area contributed by atoms with Crippen LogP contribution in [0.25, 0.3) is 0 Å². The second kappa shape index (κ2) is 5.93. The van der Waals surface area contributed by atoms with Gasteiger partial charge < -0.3 is 9.64 Å². The van der Waals surface area contributed by atoms with Crippen LogP contribution in [0.4, 0.5) is 5.82 Å². The Kier molecular flexibility index (Phi) is 4.85. The molecule has 0 spiro atoms. The summed E-state index contributed by atoms with van der Waals surface area (Å²) in [5, 5.41) is 0.661. The Balaban J connectivity index is 2.74. The first kappa shape index (κ1) is 12.3. The second-order valence-electron chi connectivity index (χ2n) is 3.61. The number of methoxy groups -OCH3 is 1. The van der Waals surface area contributed by atoms with E-state index in [4.69, 9.17) is 16.3 Å². The summed E-state index contributed by atoms with van der Waals surface area (Å²) < 4.78 is 5.07. The Morgan fingerprint density at radius 3 is 2.67 bits per heavy atom. The first-order valence-electron chi connectivity index (χ1n) is 5.02. The van der Waals surface area contributed by atoms with E-state index in [1.54, 1.807) is 13.3 Å². The number of rotatable bonds is 5. The van der Waals surface area contributed by atoms with E-state index in [2.05, 4.69) is 23.7 Å². The van der Waals surface area contributed by atoms with Crippen molar-refractivity contribution in [2.45, 2.75) is 19.9 Å². The summed E-state index contributed by atoms with van der Waals surface area (Å²) in [5.41, 5.74) is 0. The van der Waals surface area contributed by atoms with Gasteiger partial charge in [0.15, 0.2) is 0 Å². The molecule has 0 radical (unpaired) electrons. The Bertz CT molecular complexity index is 287. The molecule has 0 unspecified atom stereocenters. The van der Waals surface area contributed by atoms with Gasteiger partial charge in [-0.15, -0.1) is 0 Å². The lowest BCUT2D eigenvalue weighted by molar-refractivity contribution is 0.203. The molecule has 0 saturated heterocycles. The van der Waals surface area contributed by atoms with Gasteiger partial charge in [-0.1, -0.05) is 11.6 Å². The van der Waals surface area contributed by atoms with Crippen LogP contribution in [0.15, 0.2) is 18.3 Å². The first-order chi connectivity index (χ1) is 7.15. The Hall–Kier alpha value is -0.800. The lowest BCUT2D eigenvalue weighted by Gasteiger charge is -2.27. The fraction of sp³-hybridized carbons (Fsp3) is 0.545. The molecule has 0 saturated carbocycles. The fourth-order valence-corrected chi connectivity index (χ4v) is 1.48. The minimum Gasteiger partial charge on any atom is -0.383 e. The minimum atomic E-state index is 0.397. The van der Waals surface area contributed by atoms with E-state index in [1.165, 1.54) is 0 Å². The Morgan fingerprint density at radius 1 is 1.47 bits per heavy atom. The number of ether oxygens (including phenoxy) is 1. The van der Waals surface area contributed by atoms with Crippen LogP contribution in [-0.4, -0.2) is 31.3 Å². The van der Waals surface area contributed by atoms with Crippen molar-refractivity contribution in [3.63, 3.8) is 0 Å². The van der Waals surface area contributed by atoms with Crippen LogP contribution >= 0.6 is 11.6 Å². The molecule has 0 aromatic carbocycles. The predicted molar refractivity (Wildman–Crippen MR) is 63.6 cm³/mol. The summed E-state index contributed by atoms with van der Waals surface area (Å²) in [5.74, 6) is 0.937. The molecule has 1 heterocycles. The monoisotopic (exact) mass is 228 g/mol. The van der Waals surface area contributed by atoms with E-state index in [0.29, 0.717) is 17.7 Å². The van der Waals surface area contributed by atoms with Gasteiger partial charge in [0.05, 0.1) is 11.6 Å². The van der Waals surface area contributed by atoms with Crippen molar-refractivity contribution in [2.75, 3.05) is 25.2 Å². The van der Waals surface area contributed by atoms with Crippen molar-refractivity contribution < 1.29 is 4.74 Å². The van der Waals surface area contributed by atoms with Gasteiger partial charge in [-0.25, -0.2) is 4.98 Å². The topological polar surface area (TPSA) is 25.4 Å². The number of nitrogens with zero attached hydrogens (tertiary/aromatic N) is 2. The summed E-state index contributed by atoms with van der Waals surface area (Å²) >= 11 is 5.79. The molecule has 1 rings (SSSR count). The van der Waals surface area contributed by atoms with Crippen molar-refractivity contribution >= 4 is 17.4 Å². The molecule has 15 heavy (non-hydrogen) atoms. The molecule has 0 aliphatic heterocycles. The molecular weight excluding hydrogens is 212 g/mol. The van der Waals surface area contributed by atoms with E-state index < -0.39 is 0 Å². The molecular formula is C11H17ClN2O. The average molecular weight is 229 g/mol. The normalized spacial score (nSPS) is 10.7. The van der Waals surface area contributed by atoms with Gasteiger partial charge in [0.2, 0.25) is 0 Å². The van der Waals surface area contributed by atoms with Gasteiger partial charge in [0.1, 0.15) is 5.82 Å². The summed E-state index contributed by atoms with van der Waals surface area (Å²) in [6, 6.07) is 4.18. The highest BCUT2D eigenvalue weighted by atomic mass is 35.5. The number of pyridine rings is 1. The van der Waals surface area contributed by atoms with Gasteiger partial charge in [0, 0.05) is 25.9 Å². The van der Waals surface area contributed by atoms with Crippen molar-refractivity contribution in [2.24, 2.45) is 0 Å². The van der Waals surface area contributed by atoms with Gasteiger partial charge >= 0.3 is 0 Å². The maximum Gasteiger partial charge on any atom is 0.128 e. The lowest BCUT2D eigenvalue weighted by Crippen LogP contribution is -2.34. The summed E-state index contributed by atoms with van der Waals surface area (Å²) in [6.45, 7) is 5.79. The quantitative estimate of drug-likeness (QED) is 0.775. The van der Waals surface area contributed by atoms with Crippen LogP contribution in [0.5, 0.6) is 0 Å². The highest BCUT2D eigenvalue weighted by Gasteiger charge is 2.10. The number of hydrogen-bond donors (Lipinski definition) is 0. The Labute approximate surface area is 96.0 Å². The van der Waals surface area contributed by atoms with E-state index in [9.17, 15) is 0 Å². The number of aromatic nitrogens is 1. The number of halogens is 1. The van der Waals surface area contributed by atoms with Crippen LogP contribution < -0.4 is 4.90 Å². The molecule has 4 heteroatoms. The zero-order valence-electron chi connectivity index (χ0n) is 9.40. The van der Waals surface area contributed by atoms with Crippen LogP contribution in [0.1, 0.15) is 13.8 Å². The molecule has 0 amide bonds. The molecule has 0 fully saturated rings. The van der Waals surface area contributed by atoms with E-state index in [1.807, 2.05) is 12.1 Å². The summed E-state index contributed by atoms with van der Waals surface area (Å²) in [6.07, 6.45) is 1.67. The third-order valence-corrected chi connectivity index (χ3v) is 2.39. The van der Waals surface area contributed by atoms with Crippen LogP contribution in [0.2, 0.25) is 5.02 Å². The van der Waals surface area contributed by atoms with Crippen LogP contribution in [-0.2, 0) is 4.74 Å². The maximum atomic E-state index is 5.79. The van der Waals surface area contributed by atoms with Crippen molar-refractivity contribution in [1.29, 1.82) is 0 Å². The Morgan fingerprint density at radius 2 is 2.20 bits per heavy atom. The zero-order valence-corrected chi connectivity index (χ0v) is 10.2. The summed E-state index contributed by atoms with van der Waals surface area (Å²) in [7, 11) is 1.70. The van der Waals surface area contributed by atoms with Gasteiger partial charge in [-0.3, -0.25) is 0 Å². The lowest BCUT2D eigenvalue weighted by atomic mass is 10.3. The standard InChI is InChI=1S/C11H17ClN2O/c1-9(2)14(6-7-15-3)11-5-4-10(12)8-13-11/h4-5,8-9H,6-7H2,1-3H3. The molecule has 0 N–H and O–H groups in total. The molecule has 1 aromatic rings. The molecule has 3 nitrogen and oxygen atoms in total. The predicted octanol–water partition coefficient (Wildman–Crippen LogP) is 2.60. The van der Waals surface area contributed by atoms with Crippen molar-refractivity contribution in [3.05, 3.63) is 23.4 Å². The van der Waals surface area contributed by atoms with Crippen LogP contribution in [0, 0.1) is 0 Å². The SMILES string of the molecule is COCCN(c1ccc(Cl)cn1)C(C)C. The largest absolute Gasteiger partial charge is 0.383 e. The van der Waals surface area contributed by atoms with Crippen molar-refractivity contribution in [3.8, 4) is 0 Å². The molecule has 84 valence electrons. The molecule has 0 aliphatic rings. The van der Waals surface area contributed by atoms with Gasteiger partial charge in [-0.05, 0) is 26.0 Å². The minimum absolute atomic E-state index is 0.397. The van der Waals surface area contributed by atoms with E-state index >= 15 is 0 Å². The number of anilines is 1. The van der Waals surface area contributed by atoms with Gasteiger partial charge in [-0.2, -0.15) is 0 Å². The highest BCUT2D eigenvalue weighted by molar-refractivity contribution is 6.30. The molecule has 0 aliphatic carbocycles. The van der Waals surface area contributed by atoms with E-state index in [0.717, 1.165) is 12.4 Å². The highest BCUT2D eigenvalue weighted by Crippen LogP contribution is 2.16. The smallest absolute Gasteiger partial charge is 0.128 e.